The van der Waals surface area contributed by atoms with Crippen molar-refractivity contribution >= 4 is 33.4 Å². The van der Waals surface area contributed by atoms with E-state index in [1.807, 2.05) is 51.1 Å². The van der Waals surface area contributed by atoms with E-state index < -0.39 is 12.0 Å². The molecule has 0 aliphatic heterocycles. The molecular formula is C19H24BrNO3. The molecule has 1 rings (SSSR count). The molecule has 0 saturated carbocycles. The smallest absolute Gasteiger partial charge is 0.328 e. The zero-order valence-electron chi connectivity index (χ0n) is 14.6. The van der Waals surface area contributed by atoms with E-state index in [1.54, 1.807) is 6.07 Å². The molecule has 5 heteroatoms. The molecule has 1 atom stereocenters. The Morgan fingerprint density at radius 3 is 2.62 bits per heavy atom. The predicted molar refractivity (Wildman–Crippen MR) is 101 cm³/mol. The monoisotopic (exact) mass is 393 g/mol. The van der Waals surface area contributed by atoms with Crippen molar-refractivity contribution in [3.63, 3.8) is 0 Å². The zero-order chi connectivity index (χ0) is 18.1. The van der Waals surface area contributed by atoms with Gasteiger partial charge in [-0.3, -0.25) is 4.79 Å². The fourth-order valence-electron chi connectivity index (χ4n) is 2.29. The van der Waals surface area contributed by atoms with Crippen LogP contribution >= 0.6 is 15.9 Å². The second-order valence-electron chi connectivity index (χ2n) is 5.40. The average molecular weight is 394 g/mol. The molecule has 0 aliphatic rings. The van der Waals surface area contributed by atoms with Crippen LogP contribution in [0, 0.1) is 0 Å². The highest BCUT2D eigenvalue weighted by molar-refractivity contribution is 9.10. The van der Waals surface area contributed by atoms with Crippen molar-refractivity contribution in [3.05, 3.63) is 52.0 Å². The van der Waals surface area contributed by atoms with Crippen LogP contribution in [0.25, 0.3) is 5.57 Å². The van der Waals surface area contributed by atoms with Crippen molar-refractivity contribution in [2.24, 2.45) is 0 Å². The number of hydrogen-bond donors (Lipinski definition) is 1. The molecule has 0 heterocycles. The Morgan fingerprint density at radius 2 is 2.04 bits per heavy atom. The summed E-state index contributed by atoms with van der Waals surface area (Å²) in [6.07, 6.45) is 7.11. The second kappa shape index (κ2) is 10.1. The van der Waals surface area contributed by atoms with Gasteiger partial charge in [0, 0.05) is 10.0 Å². The summed E-state index contributed by atoms with van der Waals surface area (Å²) in [6, 6.07) is 4.83. The van der Waals surface area contributed by atoms with Crippen LogP contribution < -0.4 is 5.32 Å². The maximum absolute atomic E-state index is 12.7. The Kier molecular flexibility index (Phi) is 8.47. The van der Waals surface area contributed by atoms with Gasteiger partial charge in [-0.25, -0.2) is 4.79 Å². The van der Waals surface area contributed by atoms with Gasteiger partial charge in [-0.15, -0.1) is 0 Å². The highest BCUT2D eigenvalue weighted by Gasteiger charge is 2.22. The van der Waals surface area contributed by atoms with Gasteiger partial charge in [0.05, 0.1) is 7.11 Å². The number of carbonyl (C=O) groups is 2. The Morgan fingerprint density at radius 1 is 1.33 bits per heavy atom. The molecule has 24 heavy (non-hydrogen) atoms. The molecular weight excluding hydrogens is 370 g/mol. The molecule has 4 nitrogen and oxygen atoms in total. The lowest BCUT2D eigenvalue weighted by Gasteiger charge is -2.17. The van der Waals surface area contributed by atoms with Crippen molar-refractivity contribution in [1.82, 2.24) is 5.32 Å². The van der Waals surface area contributed by atoms with Gasteiger partial charge < -0.3 is 10.1 Å². The van der Waals surface area contributed by atoms with E-state index in [9.17, 15) is 9.59 Å². The number of carbonyl (C=O) groups excluding carboxylic acids is 2. The maximum atomic E-state index is 12.7. The molecule has 1 amide bonds. The number of hydrogen-bond acceptors (Lipinski definition) is 3. The van der Waals surface area contributed by atoms with Crippen LogP contribution in [0.1, 0.15) is 49.5 Å². The number of allylic oxidation sites excluding steroid dienone is 4. The predicted octanol–water partition coefficient (Wildman–Crippen LogP) is 4.50. The van der Waals surface area contributed by atoms with E-state index >= 15 is 0 Å². The minimum absolute atomic E-state index is 0.283. The summed E-state index contributed by atoms with van der Waals surface area (Å²) in [7, 11) is 1.33. The van der Waals surface area contributed by atoms with Crippen molar-refractivity contribution in [1.29, 1.82) is 0 Å². The van der Waals surface area contributed by atoms with Crippen LogP contribution in [0.3, 0.4) is 0 Å². The average Bonchev–Trinajstić information content (AvgIpc) is 2.58. The molecule has 0 saturated heterocycles. The number of methoxy groups -OCH3 is 1. The van der Waals surface area contributed by atoms with Crippen LogP contribution in [0.5, 0.6) is 0 Å². The van der Waals surface area contributed by atoms with Gasteiger partial charge in [0.25, 0.3) is 5.91 Å². The van der Waals surface area contributed by atoms with Crippen molar-refractivity contribution in [2.75, 3.05) is 7.11 Å². The molecule has 1 aromatic rings. The summed E-state index contributed by atoms with van der Waals surface area (Å²) in [5.74, 6) is -0.709. The van der Waals surface area contributed by atoms with Crippen LogP contribution in [-0.4, -0.2) is 25.0 Å². The summed E-state index contributed by atoms with van der Waals surface area (Å²) in [4.78, 5) is 24.5. The molecule has 0 fully saturated rings. The van der Waals surface area contributed by atoms with E-state index in [0.29, 0.717) is 12.0 Å². The highest BCUT2D eigenvalue weighted by Crippen LogP contribution is 2.24. The number of halogens is 1. The molecule has 0 aromatic heterocycles. The van der Waals surface area contributed by atoms with Gasteiger partial charge in [-0.1, -0.05) is 47.5 Å². The molecule has 1 N–H and O–H groups in total. The first-order valence-corrected chi connectivity index (χ1v) is 8.72. The van der Waals surface area contributed by atoms with Crippen LogP contribution in [0.2, 0.25) is 0 Å². The van der Waals surface area contributed by atoms with Gasteiger partial charge in [-0.2, -0.15) is 0 Å². The summed E-state index contributed by atoms with van der Waals surface area (Å²) in [5.41, 5.74) is 2.31. The fraction of sp³-hybridized carbons (Fsp3) is 0.368. The third-order valence-electron chi connectivity index (χ3n) is 3.56. The molecule has 0 radical (unpaired) electrons. The topological polar surface area (TPSA) is 55.4 Å². The quantitative estimate of drug-likeness (QED) is 0.547. The number of amides is 1. The Labute approximate surface area is 152 Å². The largest absolute Gasteiger partial charge is 0.467 e. The van der Waals surface area contributed by atoms with Crippen molar-refractivity contribution in [2.45, 2.75) is 39.7 Å². The first kappa shape index (κ1) is 20.2. The third kappa shape index (κ3) is 5.64. The SMILES string of the molecule is C/C=C\C=C(/C)c1cc(Br)ccc1C(=O)N[C@@H](CCC)C(=O)OC. The minimum atomic E-state index is -0.635. The van der Waals surface area contributed by atoms with Gasteiger partial charge >= 0.3 is 5.97 Å². The molecule has 130 valence electrons. The fourth-order valence-corrected chi connectivity index (χ4v) is 2.65. The standard InChI is InChI=1S/C19H24BrNO3/c1-5-7-9-13(3)16-12-14(20)10-11-15(16)18(22)21-17(8-6-2)19(23)24-4/h5,7,9-12,17H,6,8H2,1-4H3,(H,21,22)/b7-5-,13-9+/t17-/m0/s1. The number of nitrogens with one attached hydrogen (secondary N) is 1. The Bertz CT molecular complexity index is 650. The molecule has 1 aromatic carbocycles. The van der Waals surface area contributed by atoms with Gasteiger partial charge in [-0.05, 0) is 49.6 Å². The molecule has 0 aliphatic carbocycles. The molecule has 0 spiro atoms. The van der Waals surface area contributed by atoms with E-state index in [4.69, 9.17) is 4.74 Å². The molecule has 0 bridgehead atoms. The Hall–Kier alpha value is -1.88. The number of esters is 1. The lowest BCUT2D eigenvalue weighted by molar-refractivity contribution is -0.143. The minimum Gasteiger partial charge on any atom is -0.467 e. The van der Waals surface area contributed by atoms with Crippen molar-refractivity contribution in [3.8, 4) is 0 Å². The lowest BCUT2D eigenvalue weighted by atomic mass is 9.99. The number of benzene rings is 1. The van der Waals surface area contributed by atoms with Gasteiger partial charge in [0.15, 0.2) is 0 Å². The summed E-state index contributed by atoms with van der Waals surface area (Å²) >= 11 is 3.44. The first-order valence-electron chi connectivity index (χ1n) is 7.92. The summed E-state index contributed by atoms with van der Waals surface area (Å²) in [6.45, 7) is 5.84. The lowest BCUT2D eigenvalue weighted by Crippen LogP contribution is -2.41. The molecule has 0 unspecified atom stereocenters. The van der Waals surface area contributed by atoms with Crippen molar-refractivity contribution < 1.29 is 14.3 Å². The Balaban J connectivity index is 3.16. The van der Waals surface area contributed by atoms with Gasteiger partial charge in [0.2, 0.25) is 0 Å². The van der Waals surface area contributed by atoms with Crippen LogP contribution in [0.4, 0.5) is 0 Å². The zero-order valence-corrected chi connectivity index (χ0v) is 16.1. The van der Waals surface area contributed by atoms with E-state index in [-0.39, 0.29) is 5.91 Å². The second-order valence-corrected chi connectivity index (χ2v) is 6.32. The summed E-state index contributed by atoms with van der Waals surface area (Å²) < 4.78 is 5.66. The normalized spacial score (nSPS) is 13.0. The number of rotatable bonds is 7. The highest BCUT2D eigenvalue weighted by atomic mass is 79.9. The van der Waals surface area contributed by atoms with E-state index in [0.717, 1.165) is 22.0 Å². The van der Waals surface area contributed by atoms with Gasteiger partial charge in [0.1, 0.15) is 6.04 Å². The third-order valence-corrected chi connectivity index (χ3v) is 4.05. The van der Waals surface area contributed by atoms with E-state index in [2.05, 4.69) is 21.2 Å². The summed E-state index contributed by atoms with van der Waals surface area (Å²) in [5, 5.41) is 2.78. The first-order chi connectivity index (χ1) is 11.4. The van der Waals surface area contributed by atoms with Crippen LogP contribution in [0.15, 0.2) is 40.9 Å². The van der Waals surface area contributed by atoms with E-state index in [1.165, 1.54) is 7.11 Å². The number of ether oxygens (including phenoxy) is 1. The van der Waals surface area contributed by atoms with Crippen LogP contribution in [-0.2, 0) is 9.53 Å². The maximum Gasteiger partial charge on any atom is 0.328 e.